The highest BCUT2D eigenvalue weighted by atomic mass is 35.5. The first-order valence-corrected chi connectivity index (χ1v) is 4.19. The molecule has 66 valence electrons. The van der Waals surface area contributed by atoms with Gasteiger partial charge in [0.15, 0.2) is 0 Å². The Kier molecular flexibility index (Phi) is 1.85. The maximum Gasteiger partial charge on any atom is 0.131 e. The summed E-state index contributed by atoms with van der Waals surface area (Å²) in [6, 6.07) is 7.87. The molecule has 0 saturated carbocycles. The minimum atomic E-state index is -0.299. The summed E-state index contributed by atoms with van der Waals surface area (Å²) in [5, 5.41) is 1.67. The maximum absolute atomic E-state index is 13.2. The van der Waals surface area contributed by atoms with Gasteiger partial charge in [0.05, 0.1) is 0 Å². The third-order valence-corrected chi connectivity index (χ3v) is 2.19. The van der Waals surface area contributed by atoms with Gasteiger partial charge in [-0.2, -0.15) is 0 Å². The standard InChI is InChI=1S/C10H7ClFN/c11-6-1-2-7-8(5-6)9(12)3-4-10(7)13/h1-5H,13H2. The summed E-state index contributed by atoms with van der Waals surface area (Å²) in [7, 11) is 0. The molecule has 2 aromatic rings. The van der Waals surface area contributed by atoms with Gasteiger partial charge in [0, 0.05) is 21.5 Å². The van der Waals surface area contributed by atoms with Crippen LogP contribution < -0.4 is 5.73 Å². The minimum absolute atomic E-state index is 0.299. The molecule has 0 spiro atoms. The SMILES string of the molecule is Nc1ccc(F)c2cc(Cl)ccc12. The fourth-order valence-corrected chi connectivity index (χ4v) is 1.48. The van der Waals surface area contributed by atoms with Crippen LogP contribution in [0.3, 0.4) is 0 Å². The number of anilines is 1. The molecular formula is C10H7ClFN. The van der Waals surface area contributed by atoms with E-state index < -0.39 is 0 Å². The summed E-state index contributed by atoms with van der Waals surface area (Å²) in [5.41, 5.74) is 6.23. The highest BCUT2D eigenvalue weighted by molar-refractivity contribution is 6.31. The van der Waals surface area contributed by atoms with Gasteiger partial charge in [-0.15, -0.1) is 0 Å². The summed E-state index contributed by atoms with van der Waals surface area (Å²) >= 11 is 5.74. The molecule has 0 aromatic heterocycles. The minimum Gasteiger partial charge on any atom is -0.398 e. The van der Waals surface area contributed by atoms with E-state index in [1.807, 2.05) is 0 Å². The van der Waals surface area contributed by atoms with Crippen LogP contribution >= 0.6 is 11.6 Å². The first-order valence-electron chi connectivity index (χ1n) is 3.82. The second kappa shape index (κ2) is 2.89. The Labute approximate surface area is 79.9 Å². The molecule has 3 heteroatoms. The van der Waals surface area contributed by atoms with Crippen LogP contribution in [0.25, 0.3) is 10.8 Å². The van der Waals surface area contributed by atoms with Gasteiger partial charge in [0.25, 0.3) is 0 Å². The van der Waals surface area contributed by atoms with E-state index in [9.17, 15) is 4.39 Å². The molecule has 0 aliphatic carbocycles. The number of nitrogens with two attached hydrogens (primary N) is 1. The second-order valence-corrected chi connectivity index (χ2v) is 3.26. The van der Waals surface area contributed by atoms with E-state index in [-0.39, 0.29) is 5.82 Å². The molecule has 0 unspecified atom stereocenters. The quantitative estimate of drug-likeness (QED) is 0.642. The molecule has 0 aliphatic heterocycles. The molecule has 2 aromatic carbocycles. The highest BCUT2D eigenvalue weighted by Gasteiger charge is 2.03. The number of hydrogen-bond acceptors (Lipinski definition) is 1. The first-order chi connectivity index (χ1) is 6.18. The van der Waals surface area contributed by atoms with E-state index in [0.29, 0.717) is 21.5 Å². The number of hydrogen-bond donors (Lipinski definition) is 1. The molecular weight excluding hydrogens is 189 g/mol. The van der Waals surface area contributed by atoms with E-state index in [0.717, 1.165) is 0 Å². The molecule has 0 fully saturated rings. The Morgan fingerprint density at radius 2 is 1.85 bits per heavy atom. The van der Waals surface area contributed by atoms with Crippen molar-refractivity contribution in [2.45, 2.75) is 0 Å². The van der Waals surface area contributed by atoms with Crippen LogP contribution in [0.4, 0.5) is 10.1 Å². The molecule has 0 amide bonds. The van der Waals surface area contributed by atoms with Crippen LogP contribution in [-0.2, 0) is 0 Å². The molecule has 13 heavy (non-hydrogen) atoms. The second-order valence-electron chi connectivity index (χ2n) is 2.83. The molecule has 1 nitrogen and oxygen atoms in total. The lowest BCUT2D eigenvalue weighted by molar-refractivity contribution is 0.640. The van der Waals surface area contributed by atoms with Crippen molar-refractivity contribution in [2.75, 3.05) is 5.73 Å². The average molecular weight is 196 g/mol. The number of benzene rings is 2. The van der Waals surface area contributed by atoms with E-state index >= 15 is 0 Å². The smallest absolute Gasteiger partial charge is 0.131 e. The monoisotopic (exact) mass is 195 g/mol. The molecule has 2 rings (SSSR count). The molecule has 0 aliphatic rings. The summed E-state index contributed by atoms with van der Waals surface area (Å²) < 4.78 is 13.2. The Balaban J connectivity index is 2.92. The van der Waals surface area contributed by atoms with Crippen LogP contribution in [0.1, 0.15) is 0 Å². The van der Waals surface area contributed by atoms with Crippen LogP contribution in [0.2, 0.25) is 5.02 Å². The van der Waals surface area contributed by atoms with Crippen LogP contribution in [0, 0.1) is 5.82 Å². The third-order valence-electron chi connectivity index (χ3n) is 1.96. The molecule has 0 atom stereocenters. The largest absolute Gasteiger partial charge is 0.398 e. The third kappa shape index (κ3) is 1.33. The Morgan fingerprint density at radius 3 is 2.62 bits per heavy atom. The first kappa shape index (κ1) is 8.32. The zero-order valence-electron chi connectivity index (χ0n) is 6.72. The summed E-state index contributed by atoms with van der Waals surface area (Å²) in [6.07, 6.45) is 0. The maximum atomic E-state index is 13.2. The molecule has 0 saturated heterocycles. The molecule has 0 radical (unpaired) electrons. The van der Waals surface area contributed by atoms with Crippen molar-refractivity contribution < 1.29 is 4.39 Å². The van der Waals surface area contributed by atoms with Gasteiger partial charge in [0.1, 0.15) is 5.82 Å². The lowest BCUT2D eigenvalue weighted by atomic mass is 10.1. The van der Waals surface area contributed by atoms with Crippen LogP contribution in [0.15, 0.2) is 30.3 Å². The van der Waals surface area contributed by atoms with Crippen molar-refractivity contribution in [1.82, 2.24) is 0 Å². The summed E-state index contributed by atoms with van der Waals surface area (Å²) in [6.45, 7) is 0. The van der Waals surface area contributed by atoms with Crippen molar-refractivity contribution in [3.05, 3.63) is 41.2 Å². The average Bonchev–Trinajstić information content (AvgIpc) is 2.12. The number of fused-ring (bicyclic) bond motifs is 1. The zero-order valence-corrected chi connectivity index (χ0v) is 7.48. The zero-order chi connectivity index (χ0) is 9.42. The Morgan fingerprint density at radius 1 is 1.08 bits per heavy atom. The molecule has 2 N–H and O–H groups in total. The topological polar surface area (TPSA) is 26.0 Å². The lowest BCUT2D eigenvalue weighted by Crippen LogP contribution is -1.88. The Bertz CT molecular complexity index is 468. The fourth-order valence-electron chi connectivity index (χ4n) is 1.31. The van der Waals surface area contributed by atoms with Crippen LogP contribution in [0.5, 0.6) is 0 Å². The normalized spacial score (nSPS) is 10.6. The summed E-state index contributed by atoms with van der Waals surface area (Å²) in [5.74, 6) is -0.299. The van der Waals surface area contributed by atoms with Crippen molar-refractivity contribution in [3.8, 4) is 0 Å². The van der Waals surface area contributed by atoms with E-state index in [1.54, 1.807) is 24.3 Å². The van der Waals surface area contributed by atoms with Crippen molar-refractivity contribution in [2.24, 2.45) is 0 Å². The van der Waals surface area contributed by atoms with Gasteiger partial charge >= 0.3 is 0 Å². The van der Waals surface area contributed by atoms with Gasteiger partial charge in [-0.05, 0) is 24.3 Å². The van der Waals surface area contributed by atoms with Gasteiger partial charge in [0.2, 0.25) is 0 Å². The highest BCUT2D eigenvalue weighted by Crippen LogP contribution is 2.26. The number of halogens is 2. The van der Waals surface area contributed by atoms with E-state index in [1.165, 1.54) is 6.07 Å². The molecule has 0 bridgehead atoms. The van der Waals surface area contributed by atoms with Gasteiger partial charge < -0.3 is 5.73 Å². The molecule has 0 heterocycles. The predicted molar refractivity (Wildman–Crippen MR) is 53.3 cm³/mol. The Hall–Kier alpha value is -1.28. The predicted octanol–water partition coefficient (Wildman–Crippen LogP) is 3.21. The van der Waals surface area contributed by atoms with Gasteiger partial charge in [-0.25, -0.2) is 4.39 Å². The van der Waals surface area contributed by atoms with Crippen molar-refractivity contribution >= 4 is 28.1 Å². The van der Waals surface area contributed by atoms with Crippen molar-refractivity contribution in [1.29, 1.82) is 0 Å². The van der Waals surface area contributed by atoms with Gasteiger partial charge in [-0.3, -0.25) is 0 Å². The number of nitrogen functional groups attached to an aromatic ring is 1. The fraction of sp³-hybridized carbons (Fsp3) is 0. The van der Waals surface area contributed by atoms with E-state index in [4.69, 9.17) is 17.3 Å². The lowest BCUT2D eigenvalue weighted by Gasteiger charge is -2.02. The van der Waals surface area contributed by atoms with Crippen LogP contribution in [-0.4, -0.2) is 0 Å². The van der Waals surface area contributed by atoms with Crippen molar-refractivity contribution in [3.63, 3.8) is 0 Å². The van der Waals surface area contributed by atoms with Gasteiger partial charge in [-0.1, -0.05) is 17.7 Å². The number of rotatable bonds is 0. The summed E-state index contributed by atoms with van der Waals surface area (Å²) in [4.78, 5) is 0. The van der Waals surface area contributed by atoms with E-state index in [2.05, 4.69) is 0 Å².